The van der Waals surface area contributed by atoms with Crippen molar-refractivity contribution >= 4 is 11.6 Å². The van der Waals surface area contributed by atoms with Crippen LogP contribution >= 0.6 is 0 Å². The van der Waals surface area contributed by atoms with Crippen molar-refractivity contribution in [3.8, 4) is 5.75 Å². The van der Waals surface area contributed by atoms with E-state index >= 15 is 0 Å². The summed E-state index contributed by atoms with van der Waals surface area (Å²) in [6.07, 6.45) is 4.44. The normalized spacial score (nSPS) is 22.4. The Bertz CT molecular complexity index is 496. The second-order valence-corrected chi connectivity index (χ2v) is 5.31. The van der Waals surface area contributed by atoms with Crippen LogP contribution in [0.15, 0.2) is 18.2 Å². The zero-order valence-electron chi connectivity index (χ0n) is 11.2. The van der Waals surface area contributed by atoms with Gasteiger partial charge in [-0.05, 0) is 44.2 Å². The van der Waals surface area contributed by atoms with Crippen LogP contribution in [0.25, 0.3) is 0 Å². The van der Waals surface area contributed by atoms with Gasteiger partial charge in [-0.2, -0.15) is 0 Å². The van der Waals surface area contributed by atoms with E-state index in [1.807, 2.05) is 0 Å². The number of anilines is 1. The van der Waals surface area contributed by atoms with Crippen molar-refractivity contribution in [3.63, 3.8) is 0 Å². The molecule has 3 rings (SSSR count). The second-order valence-electron chi connectivity index (χ2n) is 5.31. The summed E-state index contributed by atoms with van der Waals surface area (Å²) in [6.45, 7) is 0.612. The van der Waals surface area contributed by atoms with Crippen LogP contribution in [0.5, 0.6) is 5.75 Å². The van der Waals surface area contributed by atoms with Crippen LogP contribution in [0.3, 0.4) is 0 Å². The van der Waals surface area contributed by atoms with Gasteiger partial charge < -0.3 is 14.8 Å². The smallest absolute Gasteiger partial charge is 0.253 e. The Balaban J connectivity index is 1.61. The molecular weight excluding hydrogens is 261 g/mol. The molecule has 0 aromatic heterocycles. The maximum Gasteiger partial charge on any atom is 0.253 e. The van der Waals surface area contributed by atoms with Crippen molar-refractivity contribution in [1.82, 2.24) is 0 Å². The van der Waals surface area contributed by atoms with Crippen molar-refractivity contribution in [2.24, 2.45) is 0 Å². The molecule has 1 heterocycles. The number of hydrogen-bond donors (Lipinski definition) is 1. The van der Waals surface area contributed by atoms with Crippen molar-refractivity contribution in [1.29, 1.82) is 0 Å². The lowest BCUT2D eigenvalue weighted by molar-refractivity contribution is -0.124. The van der Waals surface area contributed by atoms with Crippen LogP contribution in [-0.2, 0) is 9.53 Å². The van der Waals surface area contributed by atoms with Gasteiger partial charge in [-0.25, -0.2) is 4.39 Å². The van der Waals surface area contributed by atoms with E-state index in [1.54, 1.807) is 12.1 Å². The fourth-order valence-electron chi connectivity index (χ4n) is 2.35. The first-order chi connectivity index (χ1) is 9.72. The molecule has 1 aliphatic heterocycles. The van der Waals surface area contributed by atoms with Crippen molar-refractivity contribution < 1.29 is 18.7 Å². The van der Waals surface area contributed by atoms with Gasteiger partial charge in [0.25, 0.3) is 5.91 Å². The highest BCUT2D eigenvalue weighted by molar-refractivity contribution is 5.94. The fourth-order valence-corrected chi connectivity index (χ4v) is 2.35. The Morgan fingerprint density at radius 3 is 2.75 bits per heavy atom. The molecule has 1 N–H and O–H groups in total. The number of halogens is 1. The lowest BCUT2D eigenvalue weighted by Crippen LogP contribution is -2.27. The third-order valence-corrected chi connectivity index (χ3v) is 3.77. The summed E-state index contributed by atoms with van der Waals surface area (Å²) >= 11 is 0. The van der Waals surface area contributed by atoms with Gasteiger partial charge in [0.05, 0.1) is 6.10 Å². The highest BCUT2D eigenvalue weighted by Crippen LogP contribution is 2.28. The highest BCUT2D eigenvalue weighted by atomic mass is 19.1. The minimum atomic E-state index is -0.443. The molecule has 1 saturated carbocycles. The summed E-state index contributed by atoms with van der Waals surface area (Å²) in [7, 11) is 0. The van der Waals surface area contributed by atoms with E-state index in [2.05, 4.69) is 5.32 Å². The number of nitrogens with one attached hydrogen (secondary N) is 1. The van der Waals surface area contributed by atoms with Gasteiger partial charge in [0.1, 0.15) is 6.10 Å². The van der Waals surface area contributed by atoms with Gasteiger partial charge in [-0.3, -0.25) is 4.79 Å². The number of rotatable bonds is 4. The number of carbonyl (C=O) groups is 1. The van der Waals surface area contributed by atoms with Gasteiger partial charge in [0.2, 0.25) is 0 Å². The molecule has 1 atom stereocenters. The number of hydrogen-bond acceptors (Lipinski definition) is 3. The van der Waals surface area contributed by atoms with E-state index in [-0.39, 0.29) is 17.8 Å². The highest BCUT2D eigenvalue weighted by Gasteiger charge is 2.24. The standard InChI is InChI=1S/C15H18FNO3/c16-12-9-10(17-15(18)14-5-2-8-19-14)6-7-13(12)20-11-3-1-4-11/h6-7,9,11,14H,1-5,8H2,(H,17,18)/t14-/m1/s1. The molecule has 108 valence electrons. The van der Waals surface area contributed by atoms with Gasteiger partial charge in [-0.15, -0.1) is 0 Å². The fraction of sp³-hybridized carbons (Fsp3) is 0.533. The summed E-state index contributed by atoms with van der Waals surface area (Å²) in [5.41, 5.74) is 0.434. The maximum absolute atomic E-state index is 13.9. The first kappa shape index (κ1) is 13.4. The molecular formula is C15H18FNO3. The Hall–Kier alpha value is -1.62. The summed E-state index contributed by atoms with van der Waals surface area (Å²) in [5, 5.41) is 2.67. The zero-order valence-corrected chi connectivity index (χ0v) is 11.2. The summed E-state index contributed by atoms with van der Waals surface area (Å²) < 4.78 is 24.7. The molecule has 1 saturated heterocycles. The number of benzene rings is 1. The van der Waals surface area contributed by atoms with Crippen LogP contribution in [0.1, 0.15) is 32.1 Å². The van der Waals surface area contributed by atoms with E-state index in [9.17, 15) is 9.18 Å². The van der Waals surface area contributed by atoms with Crippen molar-refractivity contribution in [2.75, 3.05) is 11.9 Å². The van der Waals surface area contributed by atoms with Crippen molar-refractivity contribution in [3.05, 3.63) is 24.0 Å². The molecule has 0 spiro atoms. The SMILES string of the molecule is O=C(Nc1ccc(OC2CCC2)c(F)c1)[C@H]1CCCO1. The average molecular weight is 279 g/mol. The largest absolute Gasteiger partial charge is 0.487 e. The van der Waals surface area contributed by atoms with Crippen LogP contribution in [0.4, 0.5) is 10.1 Å². The molecule has 20 heavy (non-hydrogen) atoms. The van der Waals surface area contributed by atoms with Crippen molar-refractivity contribution in [2.45, 2.75) is 44.3 Å². The van der Waals surface area contributed by atoms with Gasteiger partial charge in [0.15, 0.2) is 11.6 Å². The maximum atomic E-state index is 13.9. The molecule has 2 fully saturated rings. The average Bonchev–Trinajstić information content (AvgIpc) is 2.89. The first-order valence-electron chi connectivity index (χ1n) is 7.11. The van der Waals surface area contributed by atoms with E-state index in [0.717, 1.165) is 32.1 Å². The van der Waals surface area contributed by atoms with E-state index in [1.165, 1.54) is 6.07 Å². The van der Waals surface area contributed by atoms with Crippen LogP contribution in [0.2, 0.25) is 0 Å². The van der Waals surface area contributed by atoms with Crippen LogP contribution in [0, 0.1) is 5.82 Å². The molecule has 5 heteroatoms. The summed E-state index contributed by atoms with van der Waals surface area (Å²) in [4.78, 5) is 11.9. The minimum Gasteiger partial charge on any atom is -0.487 e. The predicted octanol–water partition coefficient (Wildman–Crippen LogP) is 2.87. The molecule has 1 aromatic carbocycles. The molecule has 4 nitrogen and oxygen atoms in total. The lowest BCUT2D eigenvalue weighted by Gasteiger charge is -2.26. The molecule has 0 bridgehead atoms. The number of ether oxygens (including phenoxy) is 2. The molecule has 2 aliphatic rings. The van der Waals surface area contributed by atoms with Gasteiger partial charge in [0, 0.05) is 18.4 Å². The monoisotopic (exact) mass is 279 g/mol. The van der Waals surface area contributed by atoms with Crippen LogP contribution < -0.4 is 10.1 Å². The third kappa shape index (κ3) is 2.93. The topological polar surface area (TPSA) is 47.6 Å². The molecule has 0 unspecified atom stereocenters. The summed E-state index contributed by atoms with van der Waals surface area (Å²) in [6, 6.07) is 4.52. The zero-order chi connectivity index (χ0) is 13.9. The Kier molecular flexibility index (Phi) is 3.87. The Morgan fingerprint density at radius 1 is 1.30 bits per heavy atom. The first-order valence-corrected chi connectivity index (χ1v) is 7.11. The van der Waals surface area contributed by atoms with E-state index in [4.69, 9.17) is 9.47 Å². The molecule has 0 radical (unpaired) electrons. The Morgan fingerprint density at radius 2 is 2.15 bits per heavy atom. The summed E-state index contributed by atoms with van der Waals surface area (Å²) in [5.74, 6) is -0.401. The molecule has 1 amide bonds. The Labute approximate surface area is 117 Å². The van der Waals surface area contributed by atoms with Crippen LogP contribution in [-0.4, -0.2) is 24.7 Å². The molecule has 1 aromatic rings. The van der Waals surface area contributed by atoms with E-state index in [0.29, 0.717) is 12.3 Å². The lowest BCUT2D eigenvalue weighted by atomic mass is 9.96. The molecule has 1 aliphatic carbocycles. The quantitative estimate of drug-likeness (QED) is 0.922. The number of amides is 1. The van der Waals surface area contributed by atoms with Gasteiger partial charge in [-0.1, -0.05) is 0 Å². The van der Waals surface area contributed by atoms with Gasteiger partial charge >= 0.3 is 0 Å². The van der Waals surface area contributed by atoms with E-state index < -0.39 is 11.9 Å². The third-order valence-electron chi connectivity index (χ3n) is 3.77. The second kappa shape index (κ2) is 5.79. The minimum absolute atomic E-state index is 0.136. The number of carbonyl (C=O) groups excluding carboxylic acids is 1. The predicted molar refractivity (Wildman–Crippen MR) is 72.3 cm³/mol.